The first-order chi connectivity index (χ1) is 13.3. The fourth-order valence-electron chi connectivity index (χ4n) is 4.09. The van der Waals surface area contributed by atoms with Crippen LogP contribution in [0, 0.1) is 12.7 Å². The summed E-state index contributed by atoms with van der Waals surface area (Å²) in [6, 6.07) is 1.28. The summed E-state index contributed by atoms with van der Waals surface area (Å²) in [4.78, 5) is 26.1. The lowest BCUT2D eigenvalue weighted by Gasteiger charge is -2.37. The molecule has 0 spiro atoms. The molecular formula is C20H24FN3O4. The summed E-state index contributed by atoms with van der Waals surface area (Å²) in [6.45, 7) is 5.07. The molecule has 1 aliphatic heterocycles. The molecule has 1 saturated carbocycles. The van der Waals surface area contributed by atoms with Crippen molar-refractivity contribution in [3.8, 4) is 0 Å². The van der Waals surface area contributed by atoms with Crippen molar-refractivity contribution in [2.45, 2.75) is 44.8 Å². The Morgan fingerprint density at radius 2 is 2.14 bits per heavy atom. The maximum absolute atomic E-state index is 15.1. The molecule has 3 heterocycles. The molecule has 0 amide bonds. The Morgan fingerprint density at radius 3 is 2.75 bits per heavy atom. The van der Waals surface area contributed by atoms with Crippen LogP contribution in [0.3, 0.4) is 0 Å². The number of halogens is 1. The largest absolute Gasteiger partial charge is 0.477 e. The van der Waals surface area contributed by atoms with Crippen molar-refractivity contribution in [3.63, 3.8) is 0 Å². The van der Waals surface area contributed by atoms with Gasteiger partial charge in [-0.1, -0.05) is 0 Å². The molecule has 7 nitrogen and oxygen atoms in total. The van der Waals surface area contributed by atoms with Crippen LogP contribution in [0.25, 0.3) is 5.52 Å². The van der Waals surface area contributed by atoms with Crippen LogP contribution in [0.2, 0.25) is 0 Å². The summed E-state index contributed by atoms with van der Waals surface area (Å²) < 4.78 is 22.0. The maximum Gasteiger partial charge on any atom is 0.341 e. The smallest absolute Gasteiger partial charge is 0.341 e. The van der Waals surface area contributed by atoms with Crippen molar-refractivity contribution in [3.05, 3.63) is 45.1 Å². The van der Waals surface area contributed by atoms with Crippen LogP contribution in [0.4, 0.5) is 10.1 Å². The standard InChI is InChI=1S/C20H24FN3O4/c1-10-17-13(12-3-4-12)7-14(20(26)27)19(25)24(17)8-15(21)18(10)23-5-6-28-16(9-23)11(2)22/h7-8,11-12,16H,3-6,9,22H2,1-2H3,(H,26,27). The number of rotatable bonds is 4. The van der Waals surface area contributed by atoms with Crippen LogP contribution in [-0.4, -0.2) is 47.3 Å². The molecule has 1 aliphatic carbocycles. The van der Waals surface area contributed by atoms with Gasteiger partial charge < -0.3 is 20.5 Å². The molecule has 4 rings (SSSR count). The summed E-state index contributed by atoms with van der Waals surface area (Å²) in [7, 11) is 0. The molecule has 28 heavy (non-hydrogen) atoms. The van der Waals surface area contributed by atoms with Crippen molar-refractivity contribution in [1.82, 2.24) is 4.40 Å². The number of fused-ring (bicyclic) bond motifs is 1. The molecule has 1 saturated heterocycles. The monoisotopic (exact) mass is 389 g/mol. The topological polar surface area (TPSA) is 97.3 Å². The lowest BCUT2D eigenvalue weighted by atomic mass is 10.0. The number of aromatic nitrogens is 1. The molecule has 2 aliphatic rings. The summed E-state index contributed by atoms with van der Waals surface area (Å²) in [6.07, 6.45) is 2.78. The molecule has 2 aromatic heterocycles. The van der Waals surface area contributed by atoms with Gasteiger partial charge in [0.2, 0.25) is 0 Å². The van der Waals surface area contributed by atoms with E-state index < -0.39 is 17.3 Å². The molecule has 2 unspecified atom stereocenters. The van der Waals surface area contributed by atoms with Gasteiger partial charge in [-0.2, -0.15) is 0 Å². The van der Waals surface area contributed by atoms with Gasteiger partial charge in [-0.05, 0) is 49.8 Å². The van der Waals surface area contributed by atoms with Gasteiger partial charge in [-0.3, -0.25) is 9.20 Å². The zero-order chi connectivity index (χ0) is 20.2. The van der Waals surface area contributed by atoms with Crippen LogP contribution in [-0.2, 0) is 4.74 Å². The highest BCUT2D eigenvalue weighted by molar-refractivity contribution is 5.89. The van der Waals surface area contributed by atoms with Crippen molar-refractivity contribution in [1.29, 1.82) is 0 Å². The first-order valence-corrected chi connectivity index (χ1v) is 9.53. The van der Waals surface area contributed by atoms with Gasteiger partial charge in [0.1, 0.15) is 5.56 Å². The molecule has 0 radical (unpaired) electrons. The number of aromatic carboxylic acids is 1. The average Bonchev–Trinajstić information content (AvgIpc) is 3.47. The average molecular weight is 389 g/mol. The van der Waals surface area contributed by atoms with E-state index in [-0.39, 0.29) is 23.6 Å². The molecule has 3 N–H and O–H groups in total. The normalized spacial score (nSPS) is 21.1. The second kappa shape index (κ2) is 6.86. The first-order valence-electron chi connectivity index (χ1n) is 9.53. The Bertz CT molecular complexity index is 1010. The van der Waals surface area contributed by atoms with Crippen LogP contribution >= 0.6 is 0 Å². The van der Waals surface area contributed by atoms with E-state index in [4.69, 9.17) is 10.5 Å². The van der Waals surface area contributed by atoms with E-state index in [0.717, 1.165) is 29.0 Å². The Labute approximate surface area is 161 Å². The van der Waals surface area contributed by atoms with Crippen LogP contribution < -0.4 is 16.2 Å². The number of carboxylic acids is 1. The number of ether oxygens (including phenoxy) is 1. The number of hydrogen-bond acceptors (Lipinski definition) is 5. The number of hydrogen-bond donors (Lipinski definition) is 2. The number of aryl methyl sites for hydroxylation is 1. The van der Waals surface area contributed by atoms with Crippen LogP contribution in [0.15, 0.2) is 17.1 Å². The van der Waals surface area contributed by atoms with Gasteiger partial charge in [0.15, 0.2) is 5.82 Å². The highest BCUT2D eigenvalue weighted by Gasteiger charge is 2.32. The quantitative estimate of drug-likeness (QED) is 0.829. The third-order valence-electron chi connectivity index (χ3n) is 5.69. The minimum Gasteiger partial charge on any atom is -0.477 e. The van der Waals surface area contributed by atoms with Gasteiger partial charge in [0.05, 0.1) is 30.1 Å². The third-order valence-corrected chi connectivity index (χ3v) is 5.69. The Hall–Kier alpha value is -2.45. The van der Waals surface area contributed by atoms with Gasteiger partial charge in [0.25, 0.3) is 5.56 Å². The predicted molar refractivity (Wildman–Crippen MR) is 103 cm³/mol. The predicted octanol–water partition coefficient (Wildman–Crippen LogP) is 1.88. The van der Waals surface area contributed by atoms with Gasteiger partial charge in [-0.25, -0.2) is 9.18 Å². The Kier molecular flexibility index (Phi) is 4.63. The van der Waals surface area contributed by atoms with Crippen molar-refractivity contribution < 1.29 is 19.0 Å². The minimum absolute atomic E-state index is 0.186. The number of nitrogens with zero attached hydrogens (tertiary/aromatic N) is 2. The van der Waals surface area contributed by atoms with E-state index in [2.05, 4.69) is 0 Å². The number of morpholine rings is 1. The van der Waals surface area contributed by atoms with Crippen molar-refractivity contribution in [2.24, 2.45) is 5.73 Å². The summed E-state index contributed by atoms with van der Waals surface area (Å²) in [5.41, 5.74) is 7.40. The van der Waals surface area contributed by atoms with Gasteiger partial charge >= 0.3 is 5.97 Å². The zero-order valence-corrected chi connectivity index (χ0v) is 15.9. The fourth-order valence-corrected chi connectivity index (χ4v) is 4.09. The highest BCUT2D eigenvalue weighted by atomic mass is 19.1. The molecule has 2 fully saturated rings. The lowest BCUT2D eigenvalue weighted by molar-refractivity contribution is 0.0273. The molecular weight excluding hydrogens is 365 g/mol. The van der Waals surface area contributed by atoms with Crippen LogP contribution in [0.5, 0.6) is 0 Å². The van der Waals surface area contributed by atoms with E-state index >= 15 is 4.39 Å². The molecule has 2 aromatic rings. The molecule has 8 heteroatoms. The second-order valence-electron chi connectivity index (χ2n) is 7.78. The third kappa shape index (κ3) is 3.06. The zero-order valence-electron chi connectivity index (χ0n) is 15.9. The molecule has 0 bridgehead atoms. The SMILES string of the molecule is Cc1c(N2CCOC(C(C)N)C2)c(F)cn2c(=O)c(C(=O)O)cc(C3CC3)c12. The van der Waals surface area contributed by atoms with E-state index in [1.54, 1.807) is 6.92 Å². The number of nitrogens with two attached hydrogens (primary N) is 1. The Morgan fingerprint density at radius 1 is 1.43 bits per heavy atom. The van der Waals surface area contributed by atoms with Crippen molar-refractivity contribution >= 4 is 17.2 Å². The summed E-state index contributed by atoms with van der Waals surface area (Å²) in [5.74, 6) is -1.65. The molecule has 150 valence electrons. The number of carboxylic acid groups (broad SMARTS) is 1. The van der Waals surface area contributed by atoms with Gasteiger partial charge in [-0.15, -0.1) is 0 Å². The molecule has 2 atom stereocenters. The van der Waals surface area contributed by atoms with E-state index in [1.165, 1.54) is 6.07 Å². The number of pyridine rings is 2. The lowest BCUT2D eigenvalue weighted by Crippen LogP contribution is -2.50. The van der Waals surface area contributed by atoms with Crippen molar-refractivity contribution in [2.75, 3.05) is 24.6 Å². The van der Waals surface area contributed by atoms with E-state index in [0.29, 0.717) is 36.5 Å². The van der Waals surface area contributed by atoms with Crippen LogP contribution in [0.1, 0.15) is 47.2 Å². The number of anilines is 1. The summed E-state index contributed by atoms with van der Waals surface area (Å²) in [5, 5.41) is 9.39. The molecule has 0 aromatic carbocycles. The number of carbonyl (C=O) groups is 1. The minimum atomic E-state index is -1.30. The van der Waals surface area contributed by atoms with E-state index in [9.17, 15) is 14.7 Å². The van der Waals surface area contributed by atoms with Gasteiger partial charge in [0, 0.05) is 19.1 Å². The fraction of sp³-hybridized carbons (Fsp3) is 0.500. The highest BCUT2D eigenvalue weighted by Crippen LogP contribution is 2.44. The summed E-state index contributed by atoms with van der Waals surface area (Å²) >= 11 is 0. The first kappa shape index (κ1) is 18.9. The second-order valence-corrected chi connectivity index (χ2v) is 7.78. The van der Waals surface area contributed by atoms with E-state index in [1.807, 2.05) is 11.8 Å². The Balaban J connectivity index is 1.93. The maximum atomic E-state index is 15.1.